The zero-order valence-electron chi connectivity index (χ0n) is 12.8. The highest BCUT2D eigenvalue weighted by Crippen LogP contribution is 2.25. The third-order valence-electron chi connectivity index (χ3n) is 3.37. The summed E-state index contributed by atoms with van der Waals surface area (Å²) in [6.07, 6.45) is 0.894. The number of aliphatic hydroxyl groups is 1. The van der Waals surface area contributed by atoms with Gasteiger partial charge in [-0.2, -0.15) is 0 Å². The van der Waals surface area contributed by atoms with E-state index < -0.39 is 0 Å². The van der Waals surface area contributed by atoms with Gasteiger partial charge < -0.3 is 15.2 Å². The van der Waals surface area contributed by atoms with E-state index in [1.165, 1.54) is 11.1 Å². The van der Waals surface area contributed by atoms with Crippen LogP contribution in [0.3, 0.4) is 0 Å². The normalized spacial score (nSPS) is 11.9. The van der Waals surface area contributed by atoms with Gasteiger partial charge in [-0.25, -0.2) is 0 Å². The average molecular weight is 265 g/mol. The number of ether oxygens (including phenoxy) is 1. The van der Waals surface area contributed by atoms with Crippen LogP contribution in [0.4, 0.5) is 0 Å². The lowest BCUT2D eigenvalue weighted by molar-refractivity contribution is 0.189. The number of hydrogen-bond acceptors (Lipinski definition) is 3. The van der Waals surface area contributed by atoms with Crippen LogP contribution in [-0.2, 0) is 6.42 Å². The molecule has 0 amide bonds. The summed E-state index contributed by atoms with van der Waals surface area (Å²) < 4.78 is 5.47. The Kier molecular flexibility index (Phi) is 5.83. The molecule has 0 bridgehead atoms. The second-order valence-electron chi connectivity index (χ2n) is 5.94. The second kappa shape index (κ2) is 6.92. The predicted molar refractivity (Wildman–Crippen MR) is 80.0 cm³/mol. The predicted octanol–water partition coefficient (Wildman–Crippen LogP) is 2.72. The van der Waals surface area contributed by atoms with Crippen LogP contribution in [-0.4, -0.2) is 30.9 Å². The van der Waals surface area contributed by atoms with Crippen LogP contribution in [0.25, 0.3) is 0 Å². The van der Waals surface area contributed by atoms with E-state index >= 15 is 0 Å². The summed E-state index contributed by atoms with van der Waals surface area (Å²) in [5, 5.41) is 12.5. The van der Waals surface area contributed by atoms with E-state index in [1.54, 1.807) is 7.11 Å². The van der Waals surface area contributed by atoms with Crippen LogP contribution < -0.4 is 10.1 Å². The summed E-state index contributed by atoms with van der Waals surface area (Å²) >= 11 is 0. The minimum atomic E-state index is -0.231. The molecule has 0 aliphatic rings. The molecule has 1 aromatic rings. The number of benzene rings is 1. The first-order valence-corrected chi connectivity index (χ1v) is 6.92. The molecule has 0 heterocycles. The molecule has 1 rings (SSSR count). The van der Waals surface area contributed by atoms with Crippen molar-refractivity contribution in [3.8, 4) is 5.75 Å². The molecular formula is C16H27NO2. The molecule has 19 heavy (non-hydrogen) atoms. The van der Waals surface area contributed by atoms with Gasteiger partial charge in [0, 0.05) is 5.54 Å². The first kappa shape index (κ1) is 16.0. The Hall–Kier alpha value is -1.06. The lowest BCUT2D eigenvalue weighted by atomic mass is 9.99. The molecular weight excluding hydrogens is 238 g/mol. The maximum Gasteiger partial charge on any atom is 0.122 e. The largest absolute Gasteiger partial charge is 0.496 e. The van der Waals surface area contributed by atoms with Crippen molar-refractivity contribution in [3.05, 3.63) is 29.3 Å². The van der Waals surface area contributed by atoms with Gasteiger partial charge in [-0.3, -0.25) is 0 Å². The lowest BCUT2D eigenvalue weighted by Crippen LogP contribution is -2.43. The highest BCUT2D eigenvalue weighted by atomic mass is 16.5. The standard InChI is InChI=1S/C16H27NO2/c1-12(2)14-7-6-13(15(10-14)19-5)8-9-17-16(3,4)11-18/h6-7,10,12,17-18H,8-9,11H2,1-5H3. The maximum atomic E-state index is 9.20. The Bertz CT molecular complexity index is 400. The van der Waals surface area contributed by atoms with Gasteiger partial charge in [0.15, 0.2) is 0 Å². The Morgan fingerprint density at radius 1 is 1.32 bits per heavy atom. The van der Waals surface area contributed by atoms with E-state index in [0.29, 0.717) is 5.92 Å². The van der Waals surface area contributed by atoms with Crippen LogP contribution >= 0.6 is 0 Å². The molecule has 0 spiro atoms. The van der Waals surface area contributed by atoms with Crippen molar-refractivity contribution in [2.45, 2.75) is 45.6 Å². The Balaban J connectivity index is 2.68. The monoisotopic (exact) mass is 265 g/mol. The van der Waals surface area contributed by atoms with Gasteiger partial charge in [-0.05, 0) is 49.9 Å². The van der Waals surface area contributed by atoms with Crippen LogP contribution in [0.5, 0.6) is 5.75 Å². The van der Waals surface area contributed by atoms with Crippen molar-refractivity contribution in [3.63, 3.8) is 0 Å². The summed E-state index contributed by atoms with van der Waals surface area (Å²) in [6.45, 7) is 9.30. The molecule has 0 fully saturated rings. The van der Waals surface area contributed by atoms with E-state index in [-0.39, 0.29) is 12.1 Å². The van der Waals surface area contributed by atoms with Crippen molar-refractivity contribution in [2.75, 3.05) is 20.3 Å². The molecule has 2 N–H and O–H groups in total. The quantitative estimate of drug-likeness (QED) is 0.796. The van der Waals surface area contributed by atoms with Crippen molar-refractivity contribution < 1.29 is 9.84 Å². The average Bonchev–Trinajstić information content (AvgIpc) is 2.38. The van der Waals surface area contributed by atoms with E-state index in [2.05, 4.69) is 37.4 Å². The van der Waals surface area contributed by atoms with E-state index in [0.717, 1.165) is 18.7 Å². The van der Waals surface area contributed by atoms with Gasteiger partial charge in [0.05, 0.1) is 13.7 Å². The van der Waals surface area contributed by atoms with Gasteiger partial charge >= 0.3 is 0 Å². The first-order valence-electron chi connectivity index (χ1n) is 6.92. The molecule has 0 aliphatic heterocycles. The first-order chi connectivity index (χ1) is 8.89. The Morgan fingerprint density at radius 2 is 2.00 bits per heavy atom. The summed E-state index contributed by atoms with van der Waals surface area (Å²) in [4.78, 5) is 0. The molecule has 0 saturated heterocycles. The van der Waals surface area contributed by atoms with Crippen molar-refractivity contribution >= 4 is 0 Å². The molecule has 0 aliphatic carbocycles. The molecule has 0 saturated carbocycles. The second-order valence-corrected chi connectivity index (χ2v) is 5.94. The van der Waals surface area contributed by atoms with Gasteiger partial charge in [-0.1, -0.05) is 26.0 Å². The number of rotatable bonds is 7. The fraction of sp³-hybridized carbons (Fsp3) is 0.625. The van der Waals surface area contributed by atoms with Gasteiger partial charge in [0.2, 0.25) is 0 Å². The number of aliphatic hydroxyl groups excluding tert-OH is 1. The van der Waals surface area contributed by atoms with E-state index in [9.17, 15) is 5.11 Å². The molecule has 0 unspecified atom stereocenters. The van der Waals surface area contributed by atoms with E-state index in [4.69, 9.17) is 4.74 Å². The van der Waals surface area contributed by atoms with Crippen LogP contribution in [0, 0.1) is 0 Å². The van der Waals surface area contributed by atoms with Crippen molar-refractivity contribution in [1.82, 2.24) is 5.32 Å². The van der Waals surface area contributed by atoms with Gasteiger partial charge in [0.25, 0.3) is 0 Å². The summed E-state index contributed by atoms with van der Waals surface area (Å²) in [6, 6.07) is 6.43. The summed E-state index contributed by atoms with van der Waals surface area (Å²) in [7, 11) is 1.72. The van der Waals surface area contributed by atoms with Crippen molar-refractivity contribution in [2.24, 2.45) is 0 Å². The Labute approximate surface area is 117 Å². The number of methoxy groups -OCH3 is 1. The lowest BCUT2D eigenvalue weighted by Gasteiger charge is -2.23. The molecule has 3 nitrogen and oxygen atoms in total. The minimum Gasteiger partial charge on any atom is -0.496 e. The van der Waals surface area contributed by atoms with E-state index in [1.807, 2.05) is 13.8 Å². The third-order valence-corrected chi connectivity index (χ3v) is 3.37. The fourth-order valence-corrected chi connectivity index (χ4v) is 1.92. The molecule has 108 valence electrons. The number of hydrogen-bond donors (Lipinski definition) is 2. The van der Waals surface area contributed by atoms with Crippen LogP contribution in [0.1, 0.15) is 44.7 Å². The van der Waals surface area contributed by atoms with Crippen LogP contribution in [0.2, 0.25) is 0 Å². The zero-order valence-corrected chi connectivity index (χ0v) is 12.8. The zero-order chi connectivity index (χ0) is 14.5. The molecule has 3 heteroatoms. The summed E-state index contributed by atoms with van der Waals surface area (Å²) in [5.74, 6) is 1.46. The highest BCUT2D eigenvalue weighted by Gasteiger charge is 2.15. The van der Waals surface area contributed by atoms with Gasteiger partial charge in [0.1, 0.15) is 5.75 Å². The molecule has 0 radical (unpaired) electrons. The molecule has 0 aromatic heterocycles. The van der Waals surface area contributed by atoms with Gasteiger partial charge in [-0.15, -0.1) is 0 Å². The summed E-state index contributed by atoms with van der Waals surface area (Å²) in [5.41, 5.74) is 2.27. The minimum absolute atomic E-state index is 0.135. The number of nitrogens with one attached hydrogen (secondary N) is 1. The third kappa shape index (κ3) is 4.84. The molecule has 1 aromatic carbocycles. The smallest absolute Gasteiger partial charge is 0.122 e. The van der Waals surface area contributed by atoms with Crippen LogP contribution in [0.15, 0.2) is 18.2 Å². The topological polar surface area (TPSA) is 41.5 Å². The fourth-order valence-electron chi connectivity index (χ4n) is 1.92. The highest BCUT2D eigenvalue weighted by molar-refractivity contribution is 5.38. The molecule has 0 atom stereocenters. The van der Waals surface area contributed by atoms with Crippen molar-refractivity contribution in [1.29, 1.82) is 0 Å². The Morgan fingerprint density at radius 3 is 2.53 bits per heavy atom. The maximum absolute atomic E-state index is 9.20. The SMILES string of the molecule is COc1cc(C(C)C)ccc1CCNC(C)(C)CO.